The summed E-state index contributed by atoms with van der Waals surface area (Å²) in [5, 5.41) is 3.13. The highest BCUT2D eigenvalue weighted by molar-refractivity contribution is 7.80. The molecule has 0 aromatic rings. The van der Waals surface area contributed by atoms with E-state index in [4.69, 9.17) is 18.0 Å². The lowest BCUT2D eigenvalue weighted by Gasteiger charge is -2.32. The van der Waals surface area contributed by atoms with Gasteiger partial charge in [-0.25, -0.2) is 0 Å². The van der Waals surface area contributed by atoms with Gasteiger partial charge < -0.3 is 11.1 Å². The Morgan fingerprint density at radius 2 is 1.89 bits per heavy atom. The van der Waals surface area contributed by atoms with Crippen molar-refractivity contribution in [3.8, 4) is 0 Å². The van der Waals surface area contributed by atoms with E-state index in [2.05, 4.69) is 26.1 Å². The molecule has 3 nitrogen and oxygen atoms in total. The summed E-state index contributed by atoms with van der Waals surface area (Å²) in [6.45, 7) is 6.22. The third kappa shape index (κ3) is 3.44. The minimum Gasteiger partial charge on any atom is -0.392 e. The van der Waals surface area contributed by atoms with Crippen LogP contribution >= 0.6 is 12.2 Å². The van der Waals surface area contributed by atoms with Crippen molar-refractivity contribution in [2.75, 3.05) is 0 Å². The third-order valence-corrected chi connectivity index (χ3v) is 4.34. The van der Waals surface area contributed by atoms with Gasteiger partial charge in [-0.05, 0) is 38.5 Å². The van der Waals surface area contributed by atoms with E-state index in [1.807, 2.05) is 0 Å². The lowest BCUT2D eigenvalue weighted by molar-refractivity contribution is -0.129. The fraction of sp³-hybridized carbons (Fsp3) is 0.857. The van der Waals surface area contributed by atoms with Crippen molar-refractivity contribution >= 4 is 23.1 Å². The first kappa shape index (κ1) is 15.4. The Labute approximate surface area is 116 Å². The van der Waals surface area contributed by atoms with E-state index >= 15 is 0 Å². The minimum absolute atomic E-state index is 0.0399. The molecule has 0 radical (unpaired) electrons. The van der Waals surface area contributed by atoms with E-state index < -0.39 is 5.41 Å². The van der Waals surface area contributed by atoms with Gasteiger partial charge in [0.05, 0.1) is 10.4 Å². The monoisotopic (exact) mass is 270 g/mol. The maximum atomic E-state index is 12.6. The van der Waals surface area contributed by atoms with Gasteiger partial charge in [-0.1, -0.05) is 38.9 Å². The Hall–Kier alpha value is -0.640. The van der Waals surface area contributed by atoms with Crippen LogP contribution in [0.1, 0.15) is 59.3 Å². The zero-order valence-electron chi connectivity index (χ0n) is 11.8. The van der Waals surface area contributed by atoms with Gasteiger partial charge in [0.1, 0.15) is 0 Å². The van der Waals surface area contributed by atoms with Gasteiger partial charge in [0, 0.05) is 6.04 Å². The lowest BCUT2D eigenvalue weighted by Crippen LogP contribution is -2.51. The van der Waals surface area contributed by atoms with Crippen LogP contribution in [-0.4, -0.2) is 16.9 Å². The second-order valence-corrected chi connectivity index (χ2v) is 5.99. The molecule has 0 aromatic heterocycles. The molecule has 104 valence electrons. The second kappa shape index (κ2) is 6.50. The largest absolute Gasteiger partial charge is 0.392 e. The van der Waals surface area contributed by atoms with Crippen LogP contribution in [0.5, 0.6) is 0 Å². The van der Waals surface area contributed by atoms with Crippen LogP contribution in [-0.2, 0) is 4.79 Å². The zero-order chi connectivity index (χ0) is 13.8. The zero-order valence-corrected chi connectivity index (χ0v) is 12.6. The number of rotatable bonds is 8. The van der Waals surface area contributed by atoms with Gasteiger partial charge in [0.25, 0.3) is 0 Å². The van der Waals surface area contributed by atoms with E-state index in [0.29, 0.717) is 10.9 Å². The first-order chi connectivity index (χ1) is 8.47. The molecule has 1 saturated carbocycles. The molecule has 1 rings (SSSR count). The van der Waals surface area contributed by atoms with Gasteiger partial charge in [-0.15, -0.1) is 0 Å². The summed E-state index contributed by atoms with van der Waals surface area (Å²) < 4.78 is 0. The molecule has 1 unspecified atom stereocenters. The highest BCUT2D eigenvalue weighted by atomic mass is 32.1. The fourth-order valence-electron chi connectivity index (χ4n) is 2.62. The molecule has 0 bridgehead atoms. The number of nitrogens with two attached hydrogens (primary N) is 1. The molecule has 1 amide bonds. The van der Waals surface area contributed by atoms with Crippen LogP contribution in [0, 0.1) is 11.3 Å². The van der Waals surface area contributed by atoms with Crippen LogP contribution in [0.3, 0.4) is 0 Å². The molecule has 4 heteroatoms. The topological polar surface area (TPSA) is 55.1 Å². The molecule has 3 N–H and O–H groups in total. The number of nitrogens with one attached hydrogen (secondary N) is 1. The predicted molar refractivity (Wildman–Crippen MR) is 79.4 cm³/mol. The van der Waals surface area contributed by atoms with Crippen LogP contribution in [0.4, 0.5) is 0 Å². The number of carbonyl (C=O) groups is 1. The lowest BCUT2D eigenvalue weighted by atomic mass is 9.78. The standard InChI is InChI=1S/C14H26N2OS/c1-4-8-14(9-5-2,12(15)18)13(17)16-10(3)11-6-7-11/h10-11H,4-9H2,1-3H3,(H2,15,18)(H,16,17). The van der Waals surface area contributed by atoms with Gasteiger partial charge in [0.15, 0.2) is 0 Å². The van der Waals surface area contributed by atoms with Crippen molar-refractivity contribution in [2.24, 2.45) is 17.1 Å². The smallest absolute Gasteiger partial charge is 0.233 e. The first-order valence-electron chi connectivity index (χ1n) is 7.08. The number of thiocarbonyl (C=S) groups is 1. The quantitative estimate of drug-likeness (QED) is 0.667. The molecule has 0 spiro atoms. The Kier molecular flexibility index (Phi) is 5.57. The van der Waals surface area contributed by atoms with Gasteiger partial charge in [-0.3, -0.25) is 4.79 Å². The summed E-state index contributed by atoms with van der Waals surface area (Å²) in [7, 11) is 0. The third-order valence-electron chi connectivity index (χ3n) is 3.95. The van der Waals surface area contributed by atoms with Gasteiger partial charge in [0.2, 0.25) is 5.91 Å². The molecule has 1 aliphatic rings. The van der Waals surface area contributed by atoms with Crippen LogP contribution in [0.25, 0.3) is 0 Å². The number of amides is 1. The Bertz CT molecular complexity index is 307. The van der Waals surface area contributed by atoms with E-state index in [1.54, 1.807) is 0 Å². The summed E-state index contributed by atoms with van der Waals surface area (Å²) in [6.07, 6.45) is 5.79. The molecule has 0 aliphatic heterocycles. The molecule has 1 atom stereocenters. The van der Waals surface area contributed by atoms with E-state index in [-0.39, 0.29) is 11.9 Å². The number of hydrogen-bond donors (Lipinski definition) is 2. The predicted octanol–water partition coefficient (Wildman–Crippen LogP) is 2.77. The maximum absolute atomic E-state index is 12.6. The molecular weight excluding hydrogens is 244 g/mol. The SMILES string of the molecule is CCCC(CCC)(C(=O)NC(C)C1CC1)C(N)=S. The summed E-state index contributed by atoms with van der Waals surface area (Å²) in [5.41, 5.74) is 5.25. The van der Waals surface area contributed by atoms with Gasteiger partial charge in [-0.2, -0.15) is 0 Å². The normalized spacial score (nSPS) is 17.3. The first-order valence-corrected chi connectivity index (χ1v) is 7.49. The van der Waals surface area contributed by atoms with Crippen molar-refractivity contribution in [2.45, 2.75) is 65.3 Å². The van der Waals surface area contributed by atoms with Crippen LogP contribution < -0.4 is 11.1 Å². The number of carbonyl (C=O) groups excluding carboxylic acids is 1. The van der Waals surface area contributed by atoms with Crippen LogP contribution in [0.2, 0.25) is 0 Å². The average Bonchev–Trinajstić information content (AvgIpc) is 3.11. The highest BCUT2D eigenvalue weighted by Crippen LogP contribution is 2.35. The molecule has 0 aromatic carbocycles. The fourth-order valence-corrected chi connectivity index (χ4v) is 2.92. The van der Waals surface area contributed by atoms with Crippen molar-refractivity contribution in [3.05, 3.63) is 0 Å². The number of hydrogen-bond acceptors (Lipinski definition) is 2. The van der Waals surface area contributed by atoms with E-state index in [0.717, 1.165) is 25.7 Å². The Balaban J connectivity index is 2.78. The van der Waals surface area contributed by atoms with Gasteiger partial charge >= 0.3 is 0 Å². The summed E-state index contributed by atoms with van der Waals surface area (Å²) >= 11 is 5.19. The van der Waals surface area contributed by atoms with Crippen molar-refractivity contribution < 1.29 is 4.79 Å². The summed E-state index contributed by atoms with van der Waals surface area (Å²) in [6, 6.07) is 0.250. The molecular formula is C14H26N2OS. The van der Waals surface area contributed by atoms with Crippen molar-refractivity contribution in [1.82, 2.24) is 5.32 Å². The summed E-state index contributed by atoms with van der Waals surface area (Å²) in [5.74, 6) is 0.694. The maximum Gasteiger partial charge on any atom is 0.233 e. The van der Waals surface area contributed by atoms with E-state index in [1.165, 1.54) is 12.8 Å². The Morgan fingerprint density at radius 1 is 1.39 bits per heavy atom. The van der Waals surface area contributed by atoms with Crippen LogP contribution in [0.15, 0.2) is 0 Å². The van der Waals surface area contributed by atoms with Crippen molar-refractivity contribution in [1.29, 1.82) is 0 Å². The molecule has 1 fully saturated rings. The molecule has 0 heterocycles. The summed E-state index contributed by atoms with van der Waals surface area (Å²) in [4.78, 5) is 12.9. The minimum atomic E-state index is -0.637. The highest BCUT2D eigenvalue weighted by Gasteiger charge is 2.41. The Morgan fingerprint density at radius 3 is 2.22 bits per heavy atom. The van der Waals surface area contributed by atoms with E-state index in [9.17, 15) is 4.79 Å². The molecule has 1 aliphatic carbocycles. The second-order valence-electron chi connectivity index (χ2n) is 5.55. The van der Waals surface area contributed by atoms with Crippen molar-refractivity contribution in [3.63, 3.8) is 0 Å². The molecule has 18 heavy (non-hydrogen) atoms. The average molecular weight is 270 g/mol. The molecule has 0 saturated heterocycles.